The average molecular weight is 104 g/mol. The number of nitrogens with zero attached hydrogens (tertiary/aromatic N) is 1. The Morgan fingerprint density at radius 2 is 2.57 bits per heavy atom. The summed E-state index contributed by atoms with van der Waals surface area (Å²) in [6, 6.07) is -0.306. The Balaban J connectivity index is 2.16. The summed E-state index contributed by atoms with van der Waals surface area (Å²) in [6.45, 7) is 0.0398. The van der Waals surface area contributed by atoms with Gasteiger partial charge in [0, 0.05) is 6.04 Å². The summed E-state index contributed by atoms with van der Waals surface area (Å²) in [6.07, 6.45) is 0.736. The first-order valence-corrected chi connectivity index (χ1v) is 2.34. The number of hydroxylamine groups is 2. The van der Waals surface area contributed by atoms with Crippen molar-refractivity contribution >= 4 is 0 Å². The largest absolute Gasteiger partial charge is 0.785 e. The van der Waals surface area contributed by atoms with Crippen molar-refractivity contribution in [1.82, 2.24) is 5.06 Å². The predicted octanol–water partition coefficient (Wildman–Crippen LogP) is 0.528. The van der Waals surface area contributed by atoms with E-state index in [-0.39, 0.29) is 6.04 Å². The molecule has 1 heterocycles. The minimum atomic E-state index is -0.483. The van der Waals surface area contributed by atoms with Gasteiger partial charge in [0.15, 0.2) is 0 Å². The van der Waals surface area contributed by atoms with Gasteiger partial charge >= 0.3 is 0 Å². The molecule has 0 amide bonds. The Labute approximate surface area is 41.5 Å². The van der Waals surface area contributed by atoms with E-state index in [0.29, 0.717) is 6.54 Å². The van der Waals surface area contributed by atoms with Crippen molar-refractivity contribution in [2.45, 2.75) is 12.5 Å². The van der Waals surface area contributed by atoms with Crippen LogP contribution in [0.25, 0.3) is 0 Å². The average Bonchev–Trinajstić information content (AvgIpc) is 1.65. The number of hydrogen-bond acceptors (Lipinski definition) is 2. The lowest BCUT2D eigenvalue weighted by molar-refractivity contribution is 0.125. The third-order valence-corrected chi connectivity index (χ3v) is 1.27. The topological polar surface area (TPSA) is 26.3 Å². The van der Waals surface area contributed by atoms with E-state index < -0.39 is 6.67 Å². The molecule has 7 heavy (non-hydrogen) atoms. The van der Waals surface area contributed by atoms with Crippen molar-refractivity contribution < 1.29 is 4.39 Å². The molecule has 0 saturated carbocycles. The smallest absolute Gasteiger partial charge is 0.104 e. The quantitative estimate of drug-likeness (QED) is 0.485. The molecule has 0 aromatic carbocycles. The molecule has 1 atom stereocenters. The summed E-state index contributed by atoms with van der Waals surface area (Å²) >= 11 is 0. The first-order valence-electron chi connectivity index (χ1n) is 2.34. The molecule has 1 unspecified atom stereocenters. The zero-order valence-corrected chi connectivity index (χ0v) is 3.93. The lowest BCUT2D eigenvalue weighted by Gasteiger charge is -2.44. The minimum Gasteiger partial charge on any atom is -0.785 e. The van der Waals surface area contributed by atoms with Crippen LogP contribution in [0.4, 0.5) is 4.39 Å². The Hall–Kier alpha value is -0.150. The summed E-state index contributed by atoms with van der Waals surface area (Å²) in [7, 11) is 0. The van der Waals surface area contributed by atoms with Crippen LogP contribution in [0.15, 0.2) is 0 Å². The van der Waals surface area contributed by atoms with Crippen molar-refractivity contribution in [2.75, 3.05) is 13.2 Å². The number of alkyl halides is 1. The van der Waals surface area contributed by atoms with Gasteiger partial charge in [-0.15, -0.1) is 0 Å². The molecule has 42 valence electrons. The van der Waals surface area contributed by atoms with Gasteiger partial charge in [0.05, 0.1) is 0 Å². The molecule has 1 fully saturated rings. The van der Waals surface area contributed by atoms with Crippen LogP contribution < -0.4 is 0 Å². The van der Waals surface area contributed by atoms with Crippen LogP contribution in [0.1, 0.15) is 6.42 Å². The molecule has 0 aromatic rings. The van der Waals surface area contributed by atoms with E-state index in [1.807, 2.05) is 0 Å². The standard InChI is InChI=1S/C4H7FNO/c5-3-4-1-2-6(4)7/h4H,1-3H2/q-1. The first kappa shape index (κ1) is 5.00. The van der Waals surface area contributed by atoms with Gasteiger partial charge in [0.25, 0.3) is 0 Å². The Bertz CT molecular complexity index is 66.7. The first-order chi connectivity index (χ1) is 3.34. The maximum atomic E-state index is 11.4. The second-order valence-corrected chi connectivity index (χ2v) is 1.74. The molecule has 0 aliphatic carbocycles. The predicted molar refractivity (Wildman–Crippen MR) is 24.5 cm³/mol. The summed E-state index contributed by atoms with van der Waals surface area (Å²) in [5.74, 6) is 0. The van der Waals surface area contributed by atoms with Gasteiger partial charge in [-0.25, -0.2) is 4.39 Å². The molecule has 0 spiro atoms. The van der Waals surface area contributed by atoms with Gasteiger partial charge in [0.1, 0.15) is 6.67 Å². The molecular formula is C4H7FNO-. The van der Waals surface area contributed by atoms with Crippen molar-refractivity contribution in [2.24, 2.45) is 0 Å². The SMILES string of the molecule is [O-]N1CCC1CF. The Morgan fingerprint density at radius 1 is 1.86 bits per heavy atom. The van der Waals surface area contributed by atoms with E-state index in [0.717, 1.165) is 11.5 Å². The third kappa shape index (κ3) is 0.737. The van der Waals surface area contributed by atoms with E-state index in [1.165, 1.54) is 0 Å². The molecule has 1 aliphatic rings. The molecule has 1 rings (SSSR count). The van der Waals surface area contributed by atoms with Crippen LogP contribution in [-0.4, -0.2) is 24.3 Å². The van der Waals surface area contributed by atoms with E-state index in [1.54, 1.807) is 0 Å². The van der Waals surface area contributed by atoms with Crippen LogP contribution in [-0.2, 0) is 0 Å². The van der Waals surface area contributed by atoms with E-state index in [2.05, 4.69) is 0 Å². The number of rotatable bonds is 1. The summed E-state index contributed by atoms with van der Waals surface area (Å²) in [5, 5.41) is 10.9. The van der Waals surface area contributed by atoms with Gasteiger partial charge < -0.3 is 10.3 Å². The zero-order valence-electron chi connectivity index (χ0n) is 3.93. The molecule has 3 heteroatoms. The van der Waals surface area contributed by atoms with Crippen LogP contribution >= 0.6 is 0 Å². The second-order valence-electron chi connectivity index (χ2n) is 1.74. The highest BCUT2D eigenvalue weighted by Crippen LogP contribution is 2.14. The zero-order chi connectivity index (χ0) is 5.28. The van der Waals surface area contributed by atoms with E-state index in [9.17, 15) is 9.60 Å². The van der Waals surface area contributed by atoms with Crippen molar-refractivity contribution in [3.63, 3.8) is 0 Å². The summed E-state index contributed by atoms with van der Waals surface area (Å²) in [5.41, 5.74) is 0. The van der Waals surface area contributed by atoms with Crippen molar-refractivity contribution in [3.8, 4) is 0 Å². The maximum absolute atomic E-state index is 11.4. The molecule has 2 nitrogen and oxygen atoms in total. The fourth-order valence-corrected chi connectivity index (χ4v) is 0.571. The second kappa shape index (κ2) is 1.76. The molecule has 1 aliphatic heterocycles. The lowest BCUT2D eigenvalue weighted by atomic mass is 10.1. The third-order valence-electron chi connectivity index (χ3n) is 1.27. The highest BCUT2D eigenvalue weighted by molar-refractivity contribution is 4.81. The molecule has 0 N–H and O–H groups in total. The summed E-state index contributed by atoms with van der Waals surface area (Å²) < 4.78 is 11.4. The fraction of sp³-hybridized carbons (Fsp3) is 1.00. The summed E-state index contributed by atoms with van der Waals surface area (Å²) in [4.78, 5) is 0. The normalized spacial score (nSPS) is 32.6. The van der Waals surface area contributed by atoms with Crippen molar-refractivity contribution in [1.29, 1.82) is 0 Å². The molecule has 1 saturated heterocycles. The van der Waals surface area contributed by atoms with Crippen LogP contribution in [0.2, 0.25) is 0 Å². The highest BCUT2D eigenvalue weighted by atomic mass is 19.1. The van der Waals surface area contributed by atoms with Crippen LogP contribution in [0.5, 0.6) is 0 Å². The van der Waals surface area contributed by atoms with Gasteiger partial charge in [-0.2, -0.15) is 0 Å². The maximum Gasteiger partial charge on any atom is 0.104 e. The molecule has 0 aromatic heterocycles. The molecule has 0 bridgehead atoms. The molecular weight excluding hydrogens is 97.0 g/mol. The van der Waals surface area contributed by atoms with Gasteiger partial charge in [-0.3, -0.25) is 0 Å². The fourth-order valence-electron chi connectivity index (χ4n) is 0.571. The van der Waals surface area contributed by atoms with Gasteiger partial charge in [-0.1, -0.05) is 0 Å². The van der Waals surface area contributed by atoms with Crippen LogP contribution in [0, 0.1) is 5.21 Å². The van der Waals surface area contributed by atoms with Gasteiger partial charge in [0.2, 0.25) is 0 Å². The molecule has 0 radical (unpaired) electrons. The Kier molecular flexibility index (Phi) is 1.25. The van der Waals surface area contributed by atoms with E-state index >= 15 is 0 Å². The monoisotopic (exact) mass is 104 g/mol. The number of halogens is 1. The Morgan fingerprint density at radius 3 is 2.57 bits per heavy atom. The van der Waals surface area contributed by atoms with Gasteiger partial charge in [-0.05, 0) is 13.0 Å². The van der Waals surface area contributed by atoms with Crippen molar-refractivity contribution in [3.05, 3.63) is 5.21 Å². The lowest BCUT2D eigenvalue weighted by Crippen LogP contribution is -2.44. The van der Waals surface area contributed by atoms with E-state index in [4.69, 9.17) is 0 Å². The van der Waals surface area contributed by atoms with Crippen LogP contribution in [0.3, 0.4) is 0 Å². The highest BCUT2D eigenvalue weighted by Gasteiger charge is 2.18. The number of hydrogen-bond donors (Lipinski definition) is 0. The minimum absolute atomic E-state index is 0.306.